The van der Waals surface area contributed by atoms with Gasteiger partial charge in [-0.05, 0) is 43.2 Å². The molecule has 7 nitrogen and oxygen atoms in total. The Morgan fingerprint density at radius 2 is 2.00 bits per heavy atom. The van der Waals surface area contributed by atoms with Crippen molar-refractivity contribution in [3.8, 4) is 17.0 Å². The maximum atomic E-state index is 12.5. The fourth-order valence-electron chi connectivity index (χ4n) is 2.86. The molecule has 144 valence electrons. The Hall–Kier alpha value is -3.48. The van der Waals surface area contributed by atoms with E-state index in [-0.39, 0.29) is 11.5 Å². The number of aromatic nitrogens is 3. The number of methoxy groups -OCH3 is 1. The monoisotopic (exact) mass is 378 g/mol. The number of carbonyl (C=O) groups excluding carboxylic acids is 1. The highest BCUT2D eigenvalue weighted by Gasteiger charge is 2.18. The molecular formula is C21H22N4O3. The molecule has 1 amide bonds. The summed E-state index contributed by atoms with van der Waals surface area (Å²) < 4.78 is 6.51. The van der Waals surface area contributed by atoms with Gasteiger partial charge in [-0.3, -0.25) is 14.6 Å². The quantitative estimate of drug-likeness (QED) is 0.681. The Morgan fingerprint density at radius 1 is 1.18 bits per heavy atom. The largest absolute Gasteiger partial charge is 0.496 e. The van der Waals surface area contributed by atoms with Gasteiger partial charge in [0.1, 0.15) is 11.8 Å². The fourth-order valence-corrected chi connectivity index (χ4v) is 2.86. The molecule has 1 atom stereocenters. The van der Waals surface area contributed by atoms with Gasteiger partial charge in [-0.15, -0.1) is 0 Å². The Morgan fingerprint density at radius 3 is 2.75 bits per heavy atom. The molecule has 3 aromatic rings. The zero-order chi connectivity index (χ0) is 19.9. The molecule has 2 aromatic heterocycles. The summed E-state index contributed by atoms with van der Waals surface area (Å²) in [5.74, 6) is 0.514. The molecule has 0 saturated carbocycles. The van der Waals surface area contributed by atoms with Gasteiger partial charge >= 0.3 is 0 Å². The maximum Gasteiger partial charge on any atom is 0.267 e. The van der Waals surface area contributed by atoms with Crippen molar-refractivity contribution in [3.05, 3.63) is 76.8 Å². The number of rotatable bonds is 7. The minimum atomic E-state index is -0.734. The summed E-state index contributed by atoms with van der Waals surface area (Å²) in [5.41, 5.74) is 2.04. The lowest BCUT2D eigenvalue weighted by Gasteiger charge is -2.15. The fraction of sp³-hybridized carbons (Fsp3) is 0.238. The van der Waals surface area contributed by atoms with Crippen LogP contribution < -0.4 is 15.6 Å². The first-order valence-corrected chi connectivity index (χ1v) is 9.00. The highest BCUT2D eigenvalue weighted by Crippen LogP contribution is 2.17. The van der Waals surface area contributed by atoms with Crippen LogP contribution in [-0.2, 0) is 11.2 Å². The normalized spacial score (nSPS) is 11.6. The van der Waals surface area contributed by atoms with E-state index in [1.165, 1.54) is 10.7 Å². The molecule has 1 unspecified atom stereocenters. The maximum absolute atomic E-state index is 12.5. The van der Waals surface area contributed by atoms with Gasteiger partial charge in [0, 0.05) is 30.6 Å². The van der Waals surface area contributed by atoms with Crippen LogP contribution in [0.2, 0.25) is 0 Å². The Kier molecular flexibility index (Phi) is 6.16. The van der Waals surface area contributed by atoms with Gasteiger partial charge in [0.15, 0.2) is 0 Å². The molecule has 3 rings (SSSR count). The molecule has 0 bridgehead atoms. The first-order chi connectivity index (χ1) is 13.6. The second-order valence-corrected chi connectivity index (χ2v) is 6.27. The molecule has 2 heterocycles. The number of pyridine rings is 1. The lowest BCUT2D eigenvalue weighted by Crippen LogP contribution is -2.37. The number of para-hydroxylation sites is 1. The lowest BCUT2D eigenvalue weighted by molar-refractivity contribution is -0.124. The van der Waals surface area contributed by atoms with Crippen molar-refractivity contribution in [3.63, 3.8) is 0 Å². The number of hydrogen-bond acceptors (Lipinski definition) is 5. The van der Waals surface area contributed by atoms with E-state index in [0.29, 0.717) is 18.7 Å². The van der Waals surface area contributed by atoms with Crippen LogP contribution in [0.15, 0.2) is 65.7 Å². The molecule has 0 aliphatic rings. The number of nitrogens with zero attached hydrogens (tertiary/aromatic N) is 3. The van der Waals surface area contributed by atoms with Gasteiger partial charge in [-0.2, -0.15) is 5.10 Å². The molecule has 0 aliphatic carbocycles. The second-order valence-electron chi connectivity index (χ2n) is 6.27. The van der Waals surface area contributed by atoms with Gasteiger partial charge in [0.2, 0.25) is 5.91 Å². The number of benzene rings is 1. The standard InChI is InChI=1S/C21H22N4O3/c1-15(21(27)23-13-11-16-6-3-4-8-19(16)28-2)25-20(26)10-9-18(24-25)17-7-5-12-22-14-17/h3-10,12,14-15H,11,13H2,1-2H3,(H,23,27). The lowest BCUT2D eigenvalue weighted by atomic mass is 10.1. The number of hydrogen-bond donors (Lipinski definition) is 1. The van der Waals surface area contributed by atoms with Crippen LogP contribution in [0.4, 0.5) is 0 Å². The van der Waals surface area contributed by atoms with Crippen molar-refractivity contribution in [1.29, 1.82) is 0 Å². The summed E-state index contributed by atoms with van der Waals surface area (Å²) >= 11 is 0. The number of amides is 1. The molecule has 28 heavy (non-hydrogen) atoms. The van der Waals surface area contributed by atoms with E-state index in [1.54, 1.807) is 38.6 Å². The van der Waals surface area contributed by atoms with Gasteiger partial charge in [0.25, 0.3) is 5.56 Å². The van der Waals surface area contributed by atoms with Crippen LogP contribution in [0.25, 0.3) is 11.3 Å². The molecular weight excluding hydrogens is 356 g/mol. The number of nitrogens with one attached hydrogen (secondary N) is 1. The summed E-state index contributed by atoms with van der Waals surface area (Å²) in [7, 11) is 1.62. The molecule has 1 N–H and O–H groups in total. The van der Waals surface area contributed by atoms with Crippen LogP contribution in [0.3, 0.4) is 0 Å². The third-order valence-electron chi connectivity index (χ3n) is 4.41. The van der Waals surface area contributed by atoms with Gasteiger partial charge in [-0.1, -0.05) is 18.2 Å². The molecule has 0 saturated heterocycles. The Labute approximate surface area is 163 Å². The van der Waals surface area contributed by atoms with Crippen LogP contribution in [0, 0.1) is 0 Å². The summed E-state index contributed by atoms with van der Waals surface area (Å²) in [5, 5.41) is 7.20. The van der Waals surface area contributed by atoms with E-state index in [0.717, 1.165) is 16.9 Å². The van der Waals surface area contributed by atoms with Crippen molar-refractivity contribution in [2.45, 2.75) is 19.4 Å². The second kappa shape index (κ2) is 8.94. The van der Waals surface area contributed by atoms with E-state index in [9.17, 15) is 9.59 Å². The van der Waals surface area contributed by atoms with Gasteiger partial charge in [-0.25, -0.2) is 4.68 Å². The minimum Gasteiger partial charge on any atom is -0.496 e. The average Bonchev–Trinajstić information content (AvgIpc) is 2.74. The van der Waals surface area contributed by atoms with Crippen LogP contribution in [-0.4, -0.2) is 34.3 Å². The number of carbonyl (C=O) groups is 1. The Bertz CT molecular complexity index is 1000. The highest BCUT2D eigenvalue weighted by atomic mass is 16.5. The molecule has 1 aromatic carbocycles. The predicted octanol–water partition coefficient (Wildman–Crippen LogP) is 2.23. The molecule has 0 radical (unpaired) electrons. The minimum absolute atomic E-state index is 0.271. The van der Waals surface area contributed by atoms with Gasteiger partial charge in [0.05, 0.1) is 12.8 Å². The van der Waals surface area contributed by atoms with Gasteiger partial charge < -0.3 is 10.1 Å². The zero-order valence-electron chi connectivity index (χ0n) is 15.8. The third kappa shape index (κ3) is 4.43. The van der Waals surface area contributed by atoms with Crippen molar-refractivity contribution in [2.24, 2.45) is 0 Å². The highest BCUT2D eigenvalue weighted by molar-refractivity contribution is 5.79. The topological polar surface area (TPSA) is 86.1 Å². The van der Waals surface area contributed by atoms with E-state index in [2.05, 4.69) is 15.4 Å². The van der Waals surface area contributed by atoms with E-state index in [4.69, 9.17) is 4.74 Å². The van der Waals surface area contributed by atoms with Crippen LogP contribution in [0.5, 0.6) is 5.75 Å². The predicted molar refractivity (Wildman–Crippen MR) is 106 cm³/mol. The SMILES string of the molecule is COc1ccccc1CCNC(=O)C(C)n1nc(-c2cccnc2)ccc1=O. The van der Waals surface area contributed by atoms with Crippen molar-refractivity contribution >= 4 is 5.91 Å². The molecule has 7 heteroatoms. The number of ether oxygens (including phenoxy) is 1. The van der Waals surface area contributed by atoms with Crippen molar-refractivity contribution < 1.29 is 9.53 Å². The molecule has 0 aliphatic heterocycles. The Balaban J connectivity index is 1.68. The first-order valence-electron chi connectivity index (χ1n) is 9.00. The molecule has 0 fully saturated rings. The van der Waals surface area contributed by atoms with Crippen molar-refractivity contribution in [1.82, 2.24) is 20.1 Å². The first kappa shape index (κ1) is 19.3. The van der Waals surface area contributed by atoms with E-state index in [1.807, 2.05) is 30.3 Å². The van der Waals surface area contributed by atoms with Crippen LogP contribution >= 0.6 is 0 Å². The average molecular weight is 378 g/mol. The van der Waals surface area contributed by atoms with E-state index < -0.39 is 6.04 Å². The summed E-state index contributed by atoms with van der Waals surface area (Å²) in [4.78, 5) is 28.8. The summed E-state index contributed by atoms with van der Waals surface area (Å²) in [6.07, 6.45) is 3.95. The zero-order valence-corrected chi connectivity index (χ0v) is 15.8. The molecule has 0 spiro atoms. The van der Waals surface area contributed by atoms with Crippen molar-refractivity contribution in [2.75, 3.05) is 13.7 Å². The van der Waals surface area contributed by atoms with E-state index >= 15 is 0 Å². The summed E-state index contributed by atoms with van der Waals surface area (Å²) in [6.45, 7) is 2.08. The smallest absolute Gasteiger partial charge is 0.267 e. The summed E-state index contributed by atoms with van der Waals surface area (Å²) in [6, 6.07) is 13.6. The third-order valence-corrected chi connectivity index (χ3v) is 4.41. The van der Waals surface area contributed by atoms with Crippen LogP contribution in [0.1, 0.15) is 18.5 Å².